The minimum absolute atomic E-state index is 0.0335. The van der Waals surface area contributed by atoms with Gasteiger partial charge in [0.15, 0.2) is 0 Å². The fourth-order valence-corrected chi connectivity index (χ4v) is 2.77. The van der Waals surface area contributed by atoms with Crippen LogP contribution in [0.15, 0.2) is 29.2 Å². The Hall–Kier alpha value is -1.60. The zero-order valence-electron chi connectivity index (χ0n) is 7.54. The molecule has 2 rings (SSSR count). The van der Waals surface area contributed by atoms with Crippen LogP contribution in [0.5, 0.6) is 0 Å². The molecule has 0 aliphatic carbocycles. The summed E-state index contributed by atoms with van der Waals surface area (Å²) in [5.41, 5.74) is 2.88. The Morgan fingerprint density at radius 3 is 2.73 bits per heavy atom. The number of nitrogens with one attached hydrogen (secondary N) is 1. The van der Waals surface area contributed by atoms with Crippen molar-refractivity contribution in [2.75, 3.05) is 0 Å². The maximum atomic E-state index is 11.7. The quantitative estimate of drug-likeness (QED) is 0.670. The average molecular weight is 228 g/mol. The zero-order chi connectivity index (χ0) is 11.1. The first-order valence-corrected chi connectivity index (χ1v) is 5.57. The molecule has 0 atom stereocenters. The minimum atomic E-state index is -3.96. The van der Waals surface area contributed by atoms with Crippen LogP contribution in [0.4, 0.5) is 4.79 Å². The summed E-state index contributed by atoms with van der Waals surface area (Å²) in [6.07, 6.45) is -1.54. The lowest BCUT2D eigenvalue weighted by Crippen LogP contribution is -2.49. The number of amides is 1. The Morgan fingerprint density at radius 2 is 2.07 bits per heavy atom. The van der Waals surface area contributed by atoms with Crippen LogP contribution in [0.1, 0.15) is 5.56 Å². The van der Waals surface area contributed by atoms with E-state index in [9.17, 15) is 13.2 Å². The van der Waals surface area contributed by atoms with Crippen molar-refractivity contribution in [3.05, 3.63) is 29.8 Å². The molecule has 1 aliphatic rings. The number of hydrogen-bond acceptors (Lipinski definition) is 4. The summed E-state index contributed by atoms with van der Waals surface area (Å²) in [7, 11) is -3.96. The van der Waals surface area contributed by atoms with Crippen molar-refractivity contribution in [2.45, 2.75) is 11.4 Å². The first kappa shape index (κ1) is 9.94. The van der Waals surface area contributed by atoms with Gasteiger partial charge < -0.3 is 5.11 Å². The third kappa shape index (κ3) is 1.45. The van der Waals surface area contributed by atoms with Crippen molar-refractivity contribution < 1.29 is 18.3 Å². The molecule has 0 bridgehead atoms. The molecular formula is C8H8N2O4S. The van der Waals surface area contributed by atoms with E-state index in [1.54, 1.807) is 18.2 Å². The molecule has 0 spiro atoms. The number of hydrazine groups is 1. The second kappa shape index (κ2) is 3.21. The molecule has 1 aromatic carbocycles. The molecule has 7 heteroatoms. The summed E-state index contributed by atoms with van der Waals surface area (Å²) in [5.74, 6) is 0. The third-order valence-electron chi connectivity index (χ3n) is 2.08. The summed E-state index contributed by atoms with van der Waals surface area (Å²) in [6, 6.07) is 6.29. The topological polar surface area (TPSA) is 86.7 Å². The SMILES string of the molecule is O=C(O)N1NCc2ccccc2S1(=O)=O. The fourth-order valence-electron chi connectivity index (χ4n) is 1.41. The Labute approximate surface area is 86.2 Å². The number of hydrogen-bond donors (Lipinski definition) is 2. The Bertz CT molecular complexity index is 511. The highest BCUT2D eigenvalue weighted by Gasteiger charge is 2.34. The molecule has 0 fully saturated rings. The molecule has 1 heterocycles. The van der Waals surface area contributed by atoms with Crippen molar-refractivity contribution in [2.24, 2.45) is 0 Å². The van der Waals surface area contributed by atoms with Crippen LogP contribution in [-0.4, -0.2) is 24.0 Å². The van der Waals surface area contributed by atoms with E-state index in [4.69, 9.17) is 5.11 Å². The van der Waals surface area contributed by atoms with Gasteiger partial charge in [-0.05, 0) is 11.6 Å². The predicted molar refractivity (Wildman–Crippen MR) is 50.3 cm³/mol. The Kier molecular flexibility index (Phi) is 2.13. The summed E-state index contributed by atoms with van der Waals surface area (Å²) in [6.45, 7) is 0.182. The average Bonchev–Trinajstić information content (AvgIpc) is 2.17. The van der Waals surface area contributed by atoms with Crippen LogP contribution in [0.2, 0.25) is 0 Å². The van der Waals surface area contributed by atoms with Crippen LogP contribution in [0.3, 0.4) is 0 Å². The molecule has 0 saturated heterocycles. The first-order valence-electron chi connectivity index (χ1n) is 4.13. The summed E-state index contributed by atoms with van der Waals surface area (Å²) < 4.78 is 23.7. The second-order valence-corrected chi connectivity index (χ2v) is 4.75. The number of sulfonamides is 1. The molecule has 1 aromatic rings. The highest BCUT2D eigenvalue weighted by Crippen LogP contribution is 2.23. The van der Waals surface area contributed by atoms with E-state index < -0.39 is 16.1 Å². The molecule has 80 valence electrons. The molecule has 0 saturated carbocycles. The van der Waals surface area contributed by atoms with E-state index in [1.165, 1.54) is 6.07 Å². The van der Waals surface area contributed by atoms with Crippen LogP contribution >= 0.6 is 0 Å². The summed E-state index contributed by atoms with van der Waals surface area (Å²) >= 11 is 0. The van der Waals surface area contributed by atoms with Gasteiger partial charge in [0.05, 0.1) is 4.90 Å². The maximum absolute atomic E-state index is 11.7. The van der Waals surface area contributed by atoms with Gasteiger partial charge in [-0.2, -0.15) is 8.42 Å². The fraction of sp³-hybridized carbons (Fsp3) is 0.125. The maximum Gasteiger partial charge on any atom is 0.436 e. The van der Waals surface area contributed by atoms with Gasteiger partial charge in [-0.1, -0.05) is 18.2 Å². The standard InChI is InChI=1S/C8H8N2O4S/c11-8(12)10-9-5-6-3-1-2-4-7(6)15(10,13)14/h1-4,9H,5H2,(H,11,12). The molecule has 15 heavy (non-hydrogen) atoms. The smallest absolute Gasteiger partial charge is 0.436 e. The van der Waals surface area contributed by atoms with Crippen molar-refractivity contribution in [1.29, 1.82) is 0 Å². The summed E-state index contributed by atoms with van der Waals surface area (Å²) in [4.78, 5) is 10.7. The lowest BCUT2D eigenvalue weighted by Gasteiger charge is -2.26. The molecule has 0 radical (unpaired) electrons. The van der Waals surface area contributed by atoms with E-state index in [0.717, 1.165) is 0 Å². The normalized spacial score (nSPS) is 18.3. The number of benzene rings is 1. The summed E-state index contributed by atoms with van der Waals surface area (Å²) in [5, 5.41) is 8.68. The molecule has 0 unspecified atom stereocenters. The minimum Gasteiger partial charge on any atom is -0.463 e. The lowest BCUT2D eigenvalue weighted by atomic mass is 10.2. The third-order valence-corrected chi connectivity index (χ3v) is 3.80. The van der Waals surface area contributed by atoms with Crippen molar-refractivity contribution in [3.63, 3.8) is 0 Å². The van der Waals surface area contributed by atoms with Crippen molar-refractivity contribution in [1.82, 2.24) is 9.84 Å². The predicted octanol–water partition coefficient (Wildman–Crippen LogP) is 0.373. The Morgan fingerprint density at radius 1 is 1.40 bits per heavy atom. The molecule has 0 aromatic heterocycles. The van der Waals surface area contributed by atoms with Crippen molar-refractivity contribution in [3.8, 4) is 0 Å². The van der Waals surface area contributed by atoms with Crippen LogP contribution in [-0.2, 0) is 16.6 Å². The zero-order valence-corrected chi connectivity index (χ0v) is 8.36. The van der Waals surface area contributed by atoms with Crippen LogP contribution in [0, 0.1) is 0 Å². The molecular weight excluding hydrogens is 220 g/mol. The highest BCUT2D eigenvalue weighted by atomic mass is 32.2. The van der Waals surface area contributed by atoms with Gasteiger partial charge in [-0.3, -0.25) is 0 Å². The van der Waals surface area contributed by atoms with Gasteiger partial charge in [0.25, 0.3) is 10.0 Å². The number of rotatable bonds is 0. The second-order valence-electron chi connectivity index (χ2n) is 2.99. The van der Waals surface area contributed by atoms with Crippen LogP contribution in [0.25, 0.3) is 0 Å². The number of fused-ring (bicyclic) bond motifs is 1. The lowest BCUT2D eigenvalue weighted by molar-refractivity contribution is 0.156. The monoisotopic (exact) mass is 228 g/mol. The molecule has 2 N–H and O–H groups in total. The van der Waals surface area contributed by atoms with E-state index in [-0.39, 0.29) is 15.9 Å². The van der Waals surface area contributed by atoms with Crippen LogP contribution < -0.4 is 5.43 Å². The van der Waals surface area contributed by atoms with E-state index >= 15 is 0 Å². The van der Waals surface area contributed by atoms with E-state index in [0.29, 0.717) is 5.56 Å². The van der Waals surface area contributed by atoms with Gasteiger partial charge in [0, 0.05) is 6.54 Å². The molecule has 1 amide bonds. The largest absolute Gasteiger partial charge is 0.463 e. The highest BCUT2D eigenvalue weighted by molar-refractivity contribution is 7.89. The number of carbonyl (C=O) groups is 1. The molecule has 6 nitrogen and oxygen atoms in total. The van der Waals surface area contributed by atoms with Crippen molar-refractivity contribution >= 4 is 16.1 Å². The van der Waals surface area contributed by atoms with Gasteiger partial charge in [-0.15, -0.1) is 4.41 Å². The van der Waals surface area contributed by atoms with E-state index in [2.05, 4.69) is 5.43 Å². The number of nitrogens with zero attached hydrogens (tertiary/aromatic N) is 1. The first-order chi connectivity index (χ1) is 7.03. The number of carboxylic acid groups (broad SMARTS) is 1. The van der Waals surface area contributed by atoms with E-state index in [1.807, 2.05) is 0 Å². The molecule has 1 aliphatic heterocycles. The van der Waals surface area contributed by atoms with Gasteiger partial charge in [0.2, 0.25) is 0 Å². The Balaban J connectivity index is 2.60. The van der Waals surface area contributed by atoms with Gasteiger partial charge >= 0.3 is 6.09 Å². The van der Waals surface area contributed by atoms with Gasteiger partial charge in [0.1, 0.15) is 0 Å². The van der Waals surface area contributed by atoms with Gasteiger partial charge in [-0.25, -0.2) is 10.2 Å².